The van der Waals surface area contributed by atoms with Gasteiger partial charge >= 0.3 is 5.97 Å². The molecule has 4 heteroatoms. The van der Waals surface area contributed by atoms with Crippen molar-refractivity contribution >= 4 is 5.97 Å². The van der Waals surface area contributed by atoms with Crippen LogP contribution >= 0.6 is 0 Å². The lowest BCUT2D eigenvalue weighted by atomic mass is 9.85. The van der Waals surface area contributed by atoms with Crippen LogP contribution in [0.1, 0.15) is 25.7 Å². The van der Waals surface area contributed by atoms with E-state index in [1.54, 1.807) is 0 Å². The van der Waals surface area contributed by atoms with Crippen LogP contribution in [0.2, 0.25) is 0 Å². The lowest BCUT2D eigenvalue weighted by Crippen LogP contribution is -2.39. The average molecular weight is 242 g/mol. The van der Waals surface area contributed by atoms with Crippen molar-refractivity contribution in [1.29, 1.82) is 0 Å². The maximum Gasteiger partial charge on any atom is 0.319 e. The van der Waals surface area contributed by atoms with Gasteiger partial charge < -0.3 is 9.64 Å². The van der Waals surface area contributed by atoms with Crippen molar-refractivity contribution in [2.45, 2.75) is 31.7 Å². The summed E-state index contributed by atoms with van der Waals surface area (Å²) >= 11 is 0. The van der Waals surface area contributed by atoms with Gasteiger partial charge in [-0.1, -0.05) is 0 Å². The first kappa shape index (κ1) is 14.5. The van der Waals surface area contributed by atoms with Crippen molar-refractivity contribution in [3.8, 4) is 0 Å². The molecule has 100 valence electrons. The molecule has 0 saturated heterocycles. The van der Waals surface area contributed by atoms with Gasteiger partial charge in [-0.15, -0.1) is 0 Å². The van der Waals surface area contributed by atoms with Crippen molar-refractivity contribution in [2.75, 3.05) is 41.3 Å². The minimum Gasteiger partial charge on any atom is -0.468 e. The van der Waals surface area contributed by atoms with E-state index in [4.69, 9.17) is 4.74 Å². The summed E-state index contributed by atoms with van der Waals surface area (Å²) in [7, 11) is 7.74. The smallest absolute Gasteiger partial charge is 0.319 e. The Balaban J connectivity index is 2.28. The first-order valence-electron chi connectivity index (χ1n) is 6.44. The van der Waals surface area contributed by atoms with E-state index in [-0.39, 0.29) is 5.97 Å². The Morgan fingerprint density at radius 2 is 1.76 bits per heavy atom. The molecular formula is C13H26N2O2. The Labute approximate surface area is 105 Å². The number of rotatable bonds is 5. The number of ether oxygens (including phenoxy) is 1. The number of esters is 1. The zero-order valence-corrected chi connectivity index (χ0v) is 11.6. The summed E-state index contributed by atoms with van der Waals surface area (Å²) in [6.45, 7) is 1.60. The molecule has 1 aliphatic rings. The molecule has 0 atom stereocenters. The average Bonchev–Trinajstić information content (AvgIpc) is 2.28. The van der Waals surface area contributed by atoms with Gasteiger partial charge in [0.2, 0.25) is 0 Å². The first-order chi connectivity index (χ1) is 8.02. The maximum atomic E-state index is 11.2. The van der Waals surface area contributed by atoms with Crippen LogP contribution < -0.4 is 0 Å². The van der Waals surface area contributed by atoms with E-state index in [1.165, 1.54) is 39.3 Å². The second-order valence-electron chi connectivity index (χ2n) is 5.43. The van der Waals surface area contributed by atoms with Crippen LogP contribution in [-0.4, -0.2) is 63.2 Å². The lowest BCUT2D eigenvalue weighted by molar-refractivity contribution is -0.142. The third kappa shape index (κ3) is 5.04. The Hall–Kier alpha value is -0.610. The van der Waals surface area contributed by atoms with Crippen LogP contribution in [0.5, 0.6) is 0 Å². The molecule has 0 spiro atoms. The van der Waals surface area contributed by atoms with Gasteiger partial charge in [-0.2, -0.15) is 0 Å². The molecule has 0 bridgehead atoms. The molecule has 0 unspecified atom stereocenters. The van der Waals surface area contributed by atoms with Crippen LogP contribution in [0.25, 0.3) is 0 Å². The molecule has 0 aliphatic heterocycles. The molecule has 17 heavy (non-hydrogen) atoms. The Bertz CT molecular complexity index is 236. The van der Waals surface area contributed by atoms with E-state index in [1.807, 2.05) is 7.05 Å². The van der Waals surface area contributed by atoms with Gasteiger partial charge in [0.05, 0.1) is 13.7 Å². The van der Waals surface area contributed by atoms with Gasteiger partial charge in [0, 0.05) is 12.6 Å². The van der Waals surface area contributed by atoms with Crippen molar-refractivity contribution in [2.24, 2.45) is 5.92 Å². The number of carbonyl (C=O) groups is 1. The lowest BCUT2D eigenvalue weighted by Gasteiger charge is -2.35. The molecule has 4 nitrogen and oxygen atoms in total. The molecule has 1 saturated carbocycles. The van der Waals surface area contributed by atoms with Crippen molar-refractivity contribution in [3.05, 3.63) is 0 Å². The van der Waals surface area contributed by atoms with Gasteiger partial charge in [-0.05, 0) is 52.7 Å². The summed E-state index contributed by atoms with van der Waals surface area (Å²) in [5.74, 6) is 0.690. The fourth-order valence-corrected chi connectivity index (χ4v) is 2.68. The number of nitrogens with zero attached hydrogens (tertiary/aromatic N) is 2. The second-order valence-corrected chi connectivity index (χ2v) is 5.43. The summed E-state index contributed by atoms with van der Waals surface area (Å²) in [5.41, 5.74) is 0. The van der Waals surface area contributed by atoms with E-state index in [2.05, 4.69) is 23.9 Å². The molecule has 1 rings (SSSR count). The fourth-order valence-electron chi connectivity index (χ4n) is 2.68. The van der Waals surface area contributed by atoms with Gasteiger partial charge in [-0.3, -0.25) is 9.69 Å². The normalized spacial score (nSPS) is 25.3. The highest BCUT2D eigenvalue weighted by Crippen LogP contribution is 2.27. The van der Waals surface area contributed by atoms with Crippen LogP contribution in [0.4, 0.5) is 0 Å². The zero-order valence-electron chi connectivity index (χ0n) is 11.6. The van der Waals surface area contributed by atoms with E-state index in [0.717, 1.165) is 5.92 Å². The van der Waals surface area contributed by atoms with Gasteiger partial charge in [0.1, 0.15) is 0 Å². The third-order valence-electron chi connectivity index (χ3n) is 3.67. The predicted octanol–water partition coefficient (Wildman–Crippen LogP) is 1.21. The van der Waals surface area contributed by atoms with Crippen molar-refractivity contribution < 1.29 is 9.53 Å². The van der Waals surface area contributed by atoms with Crippen molar-refractivity contribution in [3.63, 3.8) is 0 Å². The SMILES string of the molecule is COC(=O)CN(C)[C@H]1CC[C@H](CN(C)C)CC1. The Morgan fingerprint density at radius 1 is 1.18 bits per heavy atom. The van der Waals surface area contributed by atoms with E-state index in [0.29, 0.717) is 12.6 Å². The quantitative estimate of drug-likeness (QED) is 0.679. The van der Waals surface area contributed by atoms with Crippen molar-refractivity contribution in [1.82, 2.24) is 9.80 Å². The molecule has 1 fully saturated rings. The summed E-state index contributed by atoms with van der Waals surface area (Å²) in [4.78, 5) is 15.6. The molecular weight excluding hydrogens is 216 g/mol. The highest BCUT2D eigenvalue weighted by molar-refractivity contribution is 5.71. The topological polar surface area (TPSA) is 32.8 Å². The number of hydrogen-bond donors (Lipinski definition) is 0. The first-order valence-corrected chi connectivity index (χ1v) is 6.44. The predicted molar refractivity (Wildman–Crippen MR) is 68.9 cm³/mol. The molecule has 0 amide bonds. The van der Waals surface area contributed by atoms with Gasteiger partial charge in [0.25, 0.3) is 0 Å². The monoisotopic (exact) mass is 242 g/mol. The summed E-state index contributed by atoms with van der Waals surface area (Å²) < 4.78 is 4.70. The summed E-state index contributed by atoms with van der Waals surface area (Å²) in [6.07, 6.45) is 4.95. The molecule has 0 heterocycles. The van der Waals surface area contributed by atoms with Gasteiger partial charge in [0.15, 0.2) is 0 Å². The molecule has 0 radical (unpaired) electrons. The fraction of sp³-hybridized carbons (Fsp3) is 0.923. The molecule has 1 aliphatic carbocycles. The second kappa shape index (κ2) is 6.97. The van der Waals surface area contributed by atoms with E-state index < -0.39 is 0 Å². The van der Waals surface area contributed by atoms with Gasteiger partial charge in [-0.25, -0.2) is 0 Å². The zero-order chi connectivity index (χ0) is 12.8. The highest BCUT2D eigenvalue weighted by atomic mass is 16.5. The van der Waals surface area contributed by atoms with Crippen LogP contribution in [0.15, 0.2) is 0 Å². The number of methoxy groups -OCH3 is 1. The van der Waals surface area contributed by atoms with Crippen LogP contribution in [0.3, 0.4) is 0 Å². The van der Waals surface area contributed by atoms with E-state index >= 15 is 0 Å². The largest absolute Gasteiger partial charge is 0.468 e. The molecule has 0 aromatic carbocycles. The van der Waals surface area contributed by atoms with Crippen LogP contribution in [-0.2, 0) is 9.53 Å². The maximum absolute atomic E-state index is 11.2. The minimum absolute atomic E-state index is 0.136. The summed E-state index contributed by atoms with van der Waals surface area (Å²) in [5, 5.41) is 0. The number of hydrogen-bond acceptors (Lipinski definition) is 4. The Morgan fingerprint density at radius 3 is 2.24 bits per heavy atom. The summed E-state index contributed by atoms with van der Waals surface area (Å²) in [6, 6.07) is 0.549. The molecule has 0 N–H and O–H groups in total. The number of carbonyl (C=O) groups excluding carboxylic acids is 1. The standard InChI is InChI=1S/C13H26N2O2/c1-14(2)9-11-5-7-12(8-6-11)15(3)10-13(16)17-4/h11-12H,5-10H2,1-4H3/t11-,12-. The van der Waals surface area contributed by atoms with Crippen LogP contribution in [0, 0.1) is 5.92 Å². The molecule has 0 aromatic heterocycles. The Kier molecular flexibility index (Phi) is 5.92. The van der Waals surface area contributed by atoms with E-state index in [9.17, 15) is 4.79 Å². The number of likely N-dealkylation sites (N-methyl/N-ethyl adjacent to an activating group) is 1. The highest BCUT2D eigenvalue weighted by Gasteiger charge is 2.25. The third-order valence-corrected chi connectivity index (χ3v) is 3.67. The molecule has 0 aromatic rings. The minimum atomic E-state index is -0.136.